The molecule has 1 N–H and O–H groups in total. The molecule has 1 aromatic carbocycles. The van der Waals surface area contributed by atoms with Crippen LogP contribution in [0.25, 0.3) is 10.6 Å². The maximum atomic E-state index is 11.6. The van der Waals surface area contributed by atoms with Crippen LogP contribution in [0.1, 0.15) is 18.5 Å². The zero-order chi connectivity index (χ0) is 14.5. The van der Waals surface area contributed by atoms with E-state index in [4.69, 9.17) is 16.7 Å². The van der Waals surface area contributed by atoms with E-state index >= 15 is 0 Å². The average Bonchev–Trinajstić information content (AvgIpc) is 2.85. The Labute approximate surface area is 125 Å². The van der Waals surface area contributed by atoms with Gasteiger partial charge >= 0.3 is 5.97 Å². The summed E-state index contributed by atoms with van der Waals surface area (Å²) < 4.78 is 0. The van der Waals surface area contributed by atoms with E-state index in [1.807, 2.05) is 23.6 Å². The van der Waals surface area contributed by atoms with E-state index in [-0.39, 0.29) is 25.0 Å². The molecule has 20 heavy (non-hydrogen) atoms. The Hall–Kier alpha value is -1.72. The van der Waals surface area contributed by atoms with Crippen molar-refractivity contribution in [2.24, 2.45) is 0 Å². The summed E-state index contributed by atoms with van der Waals surface area (Å²) in [4.78, 5) is 26.4. The van der Waals surface area contributed by atoms with Gasteiger partial charge in [-0.2, -0.15) is 0 Å². The fourth-order valence-corrected chi connectivity index (χ4v) is 2.69. The summed E-state index contributed by atoms with van der Waals surface area (Å²) in [5.74, 6) is -1.08. The molecule has 0 fully saturated rings. The highest BCUT2D eigenvalue weighted by Gasteiger charge is 2.10. The summed E-state index contributed by atoms with van der Waals surface area (Å²) in [5, 5.41) is 11.8. The van der Waals surface area contributed by atoms with Crippen molar-refractivity contribution >= 4 is 34.7 Å². The monoisotopic (exact) mass is 309 g/mol. The first kappa shape index (κ1) is 14.7. The zero-order valence-corrected chi connectivity index (χ0v) is 12.1. The third-order valence-corrected chi connectivity index (χ3v) is 3.79. The number of halogens is 1. The SMILES string of the molecule is O=C(O)CCC(=O)Cc1csc(-c2cccc(Cl)c2)n1. The molecule has 2 aromatic rings. The number of Topliss-reactive ketones (excluding diaryl/α,β-unsaturated/α-hetero) is 1. The van der Waals surface area contributed by atoms with Crippen LogP contribution in [0.15, 0.2) is 29.6 Å². The highest BCUT2D eigenvalue weighted by Crippen LogP contribution is 2.26. The molecule has 4 nitrogen and oxygen atoms in total. The van der Waals surface area contributed by atoms with Gasteiger partial charge in [-0.25, -0.2) is 4.98 Å². The number of carboxylic acids is 1. The van der Waals surface area contributed by atoms with Crippen molar-refractivity contribution in [3.05, 3.63) is 40.4 Å². The number of aliphatic carboxylic acids is 1. The predicted molar refractivity (Wildman–Crippen MR) is 78.1 cm³/mol. The molecule has 104 valence electrons. The Bertz CT molecular complexity index is 639. The van der Waals surface area contributed by atoms with E-state index in [2.05, 4.69) is 4.98 Å². The van der Waals surface area contributed by atoms with Gasteiger partial charge in [-0.15, -0.1) is 11.3 Å². The first-order valence-corrected chi connectivity index (χ1v) is 7.24. The summed E-state index contributed by atoms with van der Waals surface area (Å²) in [5.41, 5.74) is 1.58. The van der Waals surface area contributed by atoms with E-state index in [9.17, 15) is 9.59 Å². The minimum absolute atomic E-state index is 0.0410. The first-order chi connectivity index (χ1) is 9.54. The number of carbonyl (C=O) groups excluding carboxylic acids is 1. The molecular formula is C14H12ClNO3S. The molecule has 0 aliphatic rings. The van der Waals surface area contributed by atoms with Crippen molar-refractivity contribution in [1.82, 2.24) is 4.98 Å². The van der Waals surface area contributed by atoms with Gasteiger partial charge in [0, 0.05) is 28.8 Å². The number of aromatic nitrogens is 1. The van der Waals surface area contributed by atoms with Crippen molar-refractivity contribution in [2.45, 2.75) is 19.3 Å². The number of benzene rings is 1. The number of rotatable bonds is 6. The van der Waals surface area contributed by atoms with E-state index in [1.165, 1.54) is 11.3 Å². The first-order valence-electron chi connectivity index (χ1n) is 5.98. The van der Waals surface area contributed by atoms with Crippen molar-refractivity contribution in [1.29, 1.82) is 0 Å². The quantitative estimate of drug-likeness (QED) is 0.887. The number of carbonyl (C=O) groups is 2. The standard InChI is InChI=1S/C14H12ClNO3S/c15-10-3-1-2-9(6-10)14-16-11(8-20-14)7-12(17)4-5-13(18)19/h1-3,6,8H,4-5,7H2,(H,18,19). The number of hydrogen-bond donors (Lipinski definition) is 1. The third-order valence-electron chi connectivity index (χ3n) is 2.62. The van der Waals surface area contributed by atoms with E-state index < -0.39 is 5.97 Å². The Morgan fingerprint density at radius 2 is 2.10 bits per heavy atom. The molecule has 0 saturated carbocycles. The minimum atomic E-state index is -0.962. The summed E-state index contributed by atoms with van der Waals surface area (Å²) in [6.07, 6.45) is 0.0772. The van der Waals surface area contributed by atoms with Crippen LogP contribution >= 0.6 is 22.9 Å². The van der Waals surface area contributed by atoms with Gasteiger partial charge in [0.2, 0.25) is 0 Å². The van der Waals surface area contributed by atoms with Gasteiger partial charge in [-0.1, -0.05) is 23.7 Å². The van der Waals surface area contributed by atoms with Crippen LogP contribution in [0.5, 0.6) is 0 Å². The molecule has 0 radical (unpaired) electrons. The molecule has 0 atom stereocenters. The topological polar surface area (TPSA) is 67.3 Å². The molecule has 0 spiro atoms. The third kappa shape index (κ3) is 4.15. The van der Waals surface area contributed by atoms with Crippen molar-refractivity contribution < 1.29 is 14.7 Å². The average molecular weight is 310 g/mol. The second-order valence-electron chi connectivity index (χ2n) is 4.26. The lowest BCUT2D eigenvalue weighted by Crippen LogP contribution is -2.06. The van der Waals surface area contributed by atoms with Crippen LogP contribution in [-0.2, 0) is 16.0 Å². The molecule has 0 amide bonds. The number of hydrogen-bond acceptors (Lipinski definition) is 4. The van der Waals surface area contributed by atoms with Gasteiger partial charge in [0.1, 0.15) is 10.8 Å². The highest BCUT2D eigenvalue weighted by atomic mass is 35.5. The van der Waals surface area contributed by atoms with Crippen LogP contribution in [-0.4, -0.2) is 21.8 Å². The van der Waals surface area contributed by atoms with Crippen molar-refractivity contribution in [3.63, 3.8) is 0 Å². The lowest BCUT2D eigenvalue weighted by molar-refractivity contribution is -0.138. The second-order valence-corrected chi connectivity index (χ2v) is 5.56. The fourth-order valence-electron chi connectivity index (χ4n) is 1.68. The van der Waals surface area contributed by atoms with Crippen LogP contribution < -0.4 is 0 Å². The van der Waals surface area contributed by atoms with Crippen LogP contribution in [0.3, 0.4) is 0 Å². The minimum Gasteiger partial charge on any atom is -0.481 e. The molecular weight excluding hydrogens is 298 g/mol. The Balaban J connectivity index is 2.02. The Kier molecular flexibility index (Phi) is 4.87. The van der Waals surface area contributed by atoms with Gasteiger partial charge in [0.25, 0.3) is 0 Å². The molecule has 0 saturated heterocycles. The van der Waals surface area contributed by atoms with E-state index in [0.717, 1.165) is 10.6 Å². The van der Waals surface area contributed by atoms with Crippen molar-refractivity contribution in [3.8, 4) is 10.6 Å². The molecule has 0 bridgehead atoms. The molecule has 1 heterocycles. The molecule has 2 rings (SSSR count). The summed E-state index contributed by atoms with van der Waals surface area (Å²) in [7, 11) is 0. The van der Waals surface area contributed by atoms with E-state index in [1.54, 1.807) is 6.07 Å². The zero-order valence-electron chi connectivity index (χ0n) is 10.5. The second kappa shape index (κ2) is 6.63. The number of carboxylic acid groups (broad SMARTS) is 1. The van der Waals surface area contributed by atoms with Gasteiger partial charge in [0.05, 0.1) is 12.1 Å². The maximum absolute atomic E-state index is 11.6. The number of ketones is 1. The van der Waals surface area contributed by atoms with Crippen LogP contribution in [0.4, 0.5) is 0 Å². The number of thiazole rings is 1. The van der Waals surface area contributed by atoms with E-state index in [0.29, 0.717) is 10.7 Å². The lowest BCUT2D eigenvalue weighted by atomic mass is 10.1. The summed E-state index contributed by atoms with van der Waals surface area (Å²) in [6, 6.07) is 7.35. The number of nitrogens with zero attached hydrogens (tertiary/aromatic N) is 1. The van der Waals surface area contributed by atoms with Crippen molar-refractivity contribution in [2.75, 3.05) is 0 Å². The van der Waals surface area contributed by atoms with Gasteiger partial charge in [0.15, 0.2) is 0 Å². The smallest absolute Gasteiger partial charge is 0.303 e. The van der Waals surface area contributed by atoms with Crippen LogP contribution in [0.2, 0.25) is 5.02 Å². The normalized spacial score (nSPS) is 10.4. The van der Waals surface area contributed by atoms with Gasteiger partial charge in [-0.3, -0.25) is 9.59 Å². The van der Waals surface area contributed by atoms with Gasteiger partial charge < -0.3 is 5.11 Å². The Morgan fingerprint density at radius 3 is 2.80 bits per heavy atom. The maximum Gasteiger partial charge on any atom is 0.303 e. The predicted octanol–water partition coefficient (Wildman–Crippen LogP) is 3.44. The molecule has 0 aliphatic carbocycles. The lowest BCUT2D eigenvalue weighted by Gasteiger charge is -1.97. The molecule has 1 aromatic heterocycles. The van der Waals surface area contributed by atoms with Crippen LogP contribution in [0, 0.1) is 0 Å². The molecule has 6 heteroatoms. The summed E-state index contributed by atoms with van der Waals surface area (Å²) in [6.45, 7) is 0. The Morgan fingerprint density at radius 1 is 1.30 bits per heavy atom. The van der Waals surface area contributed by atoms with Gasteiger partial charge in [-0.05, 0) is 12.1 Å². The summed E-state index contributed by atoms with van der Waals surface area (Å²) >= 11 is 7.36. The fraction of sp³-hybridized carbons (Fsp3) is 0.214. The molecule has 0 unspecified atom stereocenters. The molecule has 0 aliphatic heterocycles. The highest BCUT2D eigenvalue weighted by molar-refractivity contribution is 7.13. The largest absolute Gasteiger partial charge is 0.481 e.